The van der Waals surface area contributed by atoms with E-state index in [0.29, 0.717) is 4.47 Å². The van der Waals surface area contributed by atoms with Crippen LogP contribution in [0.1, 0.15) is 0 Å². The van der Waals surface area contributed by atoms with E-state index in [1.165, 1.54) is 24.3 Å². The quantitative estimate of drug-likeness (QED) is 0.582. The van der Waals surface area contributed by atoms with E-state index in [4.69, 9.17) is 0 Å². The first kappa shape index (κ1) is 15.9. The van der Waals surface area contributed by atoms with Gasteiger partial charge in [0.1, 0.15) is 4.90 Å². The summed E-state index contributed by atoms with van der Waals surface area (Å²) in [6.07, 6.45) is 0. The number of nitrogens with zero attached hydrogens (tertiary/aromatic N) is 1. The summed E-state index contributed by atoms with van der Waals surface area (Å²) in [5.74, 6) is 0. The lowest BCUT2D eigenvalue weighted by Crippen LogP contribution is -2.13. The summed E-state index contributed by atoms with van der Waals surface area (Å²) in [7, 11) is -3.80. The van der Waals surface area contributed by atoms with E-state index >= 15 is 0 Å². The Morgan fingerprint density at radius 3 is 2.29 bits per heavy atom. The zero-order chi connectivity index (χ0) is 15.6. The maximum atomic E-state index is 12.3. The SMILES string of the molecule is O=[N+]([O-])c1ccc(NS(=O)(=O)c2ccccc2Br)c(Br)c1. The van der Waals surface area contributed by atoms with Crippen LogP contribution in [0, 0.1) is 10.1 Å². The molecule has 0 aliphatic heterocycles. The summed E-state index contributed by atoms with van der Waals surface area (Å²) in [6, 6.07) is 10.2. The second-order valence-electron chi connectivity index (χ2n) is 3.96. The maximum Gasteiger partial charge on any atom is 0.270 e. The van der Waals surface area contributed by atoms with Crippen LogP contribution in [-0.4, -0.2) is 13.3 Å². The third kappa shape index (κ3) is 3.60. The third-order valence-electron chi connectivity index (χ3n) is 2.53. The Morgan fingerprint density at radius 1 is 1.05 bits per heavy atom. The van der Waals surface area contributed by atoms with Crippen molar-refractivity contribution in [2.45, 2.75) is 4.90 Å². The summed E-state index contributed by atoms with van der Waals surface area (Å²) in [4.78, 5) is 10.2. The zero-order valence-corrected chi connectivity index (χ0v) is 14.3. The number of non-ortho nitro benzene ring substituents is 1. The van der Waals surface area contributed by atoms with Crippen molar-refractivity contribution in [2.75, 3.05) is 4.72 Å². The number of halogens is 2. The van der Waals surface area contributed by atoms with Crippen molar-refractivity contribution >= 4 is 53.3 Å². The molecule has 21 heavy (non-hydrogen) atoms. The molecule has 2 aromatic rings. The van der Waals surface area contributed by atoms with Gasteiger partial charge in [-0.1, -0.05) is 12.1 Å². The molecule has 0 fully saturated rings. The van der Waals surface area contributed by atoms with Gasteiger partial charge in [-0.3, -0.25) is 14.8 Å². The summed E-state index contributed by atoms with van der Waals surface area (Å²) < 4.78 is 27.7. The number of hydrogen-bond acceptors (Lipinski definition) is 4. The number of sulfonamides is 1. The van der Waals surface area contributed by atoms with Crippen LogP contribution >= 0.6 is 31.9 Å². The predicted octanol–water partition coefficient (Wildman–Crippen LogP) is 3.92. The normalized spacial score (nSPS) is 11.1. The average molecular weight is 436 g/mol. The van der Waals surface area contributed by atoms with Gasteiger partial charge in [0.2, 0.25) is 0 Å². The number of benzene rings is 2. The smallest absolute Gasteiger partial charge is 0.270 e. The zero-order valence-electron chi connectivity index (χ0n) is 10.3. The van der Waals surface area contributed by atoms with E-state index in [-0.39, 0.29) is 20.7 Å². The average Bonchev–Trinajstić information content (AvgIpc) is 2.41. The first-order chi connectivity index (χ1) is 9.81. The number of nitro benzene ring substituents is 1. The van der Waals surface area contributed by atoms with Crippen LogP contribution in [0.5, 0.6) is 0 Å². The number of nitrogens with one attached hydrogen (secondary N) is 1. The molecule has 2 aromatic carbocycles. The lowest BCUT2D eigenvalue weighted by atomic mass is 10.3. The molecule has 0 amide bonds. The summed E-state index contributed by atoms with van der Waals surface area (Å²) >= 11 is 6.29. The van der Waals surface area contributed by atoms with Gasteiger partial charge in [0.15, 0.2) is 0 Å². The van der Waals surface area contributed by atoms with Crippen molar-refractivity contribution in [2.24, 2.45) is 0 Å². The van der Waals surface area contributed by atoms with Gasteiger partial charge in [-0.2, -0.15) is 0 Å². The molecule has 0 saturated carbocycles. The van der Waals surface area contributed by atoms with Gasteiger partial charge >= 0.3 is 0 Å². The van der Waals surface area contributed by atoms with E-state index in [0.717, 1.165) is 0 Å². The molecule has 0 unspecified atom stereocenters. The Kier molecular flexibility index (Phi) is 4.64. The van der Waals surface area contributed by atoms with Gasteiger partial charge < -0.3 is 0 Å². The Hall–Kier alpha value is -1.45. The fourth-order valence-corrected chi connectivity index (χ4v) is 4.24. The van der Waals surface area contributed by atoms with Gasteiger partial charge in [-0.25, -0.2) is 8.42 Å². The fraction of sp³-hybridized carbons (Fsp3) is 0. The molecule has 2 rings (SSSR count). The maximum absolute atomic E-state index is 12.3. The first-order valence-corrected chi connectivity index (χ1v) is 8.59. The van der Waals surface area contributed by atoms with E-state index in [1.54, 1.807) is 18.2 Å². The number of hydrogen-bond donors (Lipinski definition) is 1. The highest BCUT2D eigenvalue weighted by atomic mass is 79.9. The lowest BCUT2D eigenvalue weighted by molar-refractivity contribution is -0.384. The topological polar surface area (TPSA) is 89.3 Å². The van der Waals surface area contributed by atoms with Gasteiger partial charge in [-0.15, -0.1) is 0 Å². The van der Waals surface area contributed by atoms with Crippen LogP contribution in [-0.2, 0) is 10.0 Å². The first-order valence-electron chi connectivity index (χ1n) is 5.52. The molecule has 0 aliphatic carbocycles. The van der Waals surface area contributed by atoms with Crippen molar-refractivity contribution in [3.05, 3.63) is 61.5 Å². The summed E-state index contributed by atoms with van der Waals surface area (Å²) in [5, 5.41) is 10.7. The predicted molar refractivity (Wildman–Crippen MR) is 85.7 cm³/mol. The van der Waals surface area contributed by atoms with Crippen molar-refractivity contribution in [3.8, 4) is 0 Å². The minimum Gasteiger partial charge on any atom is -0.278 e. The van der Waals surface area contributed by atoms with Crippen LogP contribution in [0.2, 0.25) is 0 Å². The molecule has 0 bridgehead atoms. The molecule has 110 valence electrons. The molecule has 6 nitrogen and oxygen atoms in total. The van der Waals surface area contributed by atoms with Gasteiger partial charge in [0.25, 0.3) is 15.7 Å². The fourth-order valence-electron chi connectivity index (χ4n) is 1.56. The van der Waals surface area contributed by atoms with Gasteiger partial charge in [-0.05, 0) is 50.1 Å². The van der Waals surface area contributed by atoms with Crippen molar-refractivity contribution in [1.29, 1.82) is 0 Å². The Labute approximate surface area is 137 Å². The highest BCUT2D eigenvalue weighted by Crippen LogP contribution is 2.30. The van der Waals surface area contributed by atoms with E-state index in [1.807, 2.05) is 0 Å². The van der Waals surface area contributed by atoms with Crippen LogP contribution < -0.4 is 4.72 Å². The Morgan fingerprint density at radius 2 is 1.71 bits per heavy atom. The van der Waals surface area contributed by atoms with Crippen LogP contribution in [0.3, 0.4) is 0 Å². The summed E-state index contributed by atoms with van der Waals surface area (Å²) in [5.41, 5.74) is 0.0852. The van der Waals surface area contributed by atoms with Crippen molar-refractivity contribution in [1.82, 2.24) is 0 Å². The summed E-state index contributed by atoms with van der Waals surface area (Å²) in [6.45, 7) is 0. The highest BCUT2D eigenvalue weighted by Gasteiger charge is 2.19. The minimum atomic E-state index is -3.80. The molecule has 0 aromatic heterocycles. The second-order valence-corrected chi connectivity index (χ2v) is 7.32. The molecule has 0 atom stereocenters. The van der Waals surface area contributed by atoms with E-state index < -0.39 is 14.9 Å². The Bertz CT molecular complexity index is 809. The van der Waals surface area contributed by atoms with E-state index in [9.17, 15) is 18.5 Å². The molecule has 1 N–H and O–H groups in total. The van der Waals surface area contributed by atoms with Crippen molar-refractivity contribution in [3.63, 3.8) is 0 Å². The van der Waals surface area contributed by atoms with Crippen LogP contribution in [0.25, 0.3) is 0 Å². The Balaban J connectivity index is 2.38. The number of anilines is 1. The van der Waals surface area contributed by atoms with Crippen LogP contribution in [0.4, 0.5) is 11.4 Å². The van der Waals surface area contributed by atoms with Crippen molar-refractivity contribution < 1.29 is 13.3 Å². The molecule has 0 spiro atoms. The molecular weight excluding hydrogens is 428 g/mol. The molecule has 0 saturated heterocycles. The minimum absolute atomic E-state index is 0.0789. The second kappa shape index (κ2) is 6.12. The molecular formula is C12H8Br2N2O4S. The van der Waals surface area contributed by atoms with Gasteiger partial charge in [0.05, 0.1) is 10.6 Å². The molecule has 9 heteroatoms. The van der Waals surface area contributed by atoms with E-state index in [2.05, 4.69) is 36.6 Å². The third-order valence-corrected chi connectivity index (χ3v) is 5.57. The lowest BCUT2D eigenvalue weighted by Gasteiger charge is -2.10. The number of nitro groups is 1. The monoisotopic (exact) mass is 434 g/mol. The molecule has 0 aliphatic rings. The standard InChI is InChI=1S/C12H8Br2N2O4S/c13-9-3-1-2-4-12(9)21(19,20)15-11-6-5-8(16(17)18)7-10(11)14/h1-7,15H. The van der Waals surface area contributed by atoms with Crippen LogP contribution in [0.15, 0.2) is 56.3 Å². The number of rotatable bonds is 4. The molecule has 0 heterocycles. The van der Waals surface area contributed by atoms with Gasteiger partial charge in [0, 0.05) is 21.1 Å². The largest absolute Gasteiger partial charge is 0.278 e. The highest BCUT2D eigenvalue weighted by molar-refractivity contribution is 9.11. The molecule has 0 radical (unpaired) electrons.